The zero-order chi connectivity index (χ0) is 26.6. The van der Waals surface area contributed by atoms with Crippen LogP contribution < -0.4 is 15.7 Å². The van der Waals surface area contributed by atoms with Crippen LogP contribution in [0.4, 0.5) is 4.79 Å². The molecule has 1 fully saturated rings. The van der Waals surface area contributed by atoms with E-state index in [1.54, 1.807) is 13.0 Å². The molecule has 5 N–H and O–H groups in total. The fourth-order valence-electron chi connectivity index (χ4n) is 4.22. The highest BCUT2D eigenvalue weighted by Gasteiger charge is 2.40. The van der Waals surface area contributed by atoms with Crippen LogP contribution in [0.5, 0.6) is 5.75 Å². The van der Waals surface area contributed by atoms with Crippen molar-refractivity contribution in [1.82, 2.24) is 15.1 Å². The first kappa shape index (κ1) is 26.7. The second-order valence-corrected chi connectivity index (χ2v) is 8.59. The Morgan fingerprint density at radius 1 is 1.22 bits per heavy atom. The summed E-state index contributed by atoms with van der Waals surface area (Å²) in [4.78, 5) is 75.1. The molecule has 5 amide bonds. The van der Waals surface area contributed by atoms with Crippen molar-refractivity contribution < 1.29 is 43.6 Å². The van der Waals surface area contributed by atoms with Crippen molar-refractivity contribution in [2.24, 2.45) is 5.73 Å². The molecule has 0 spiro atoms. The Hall–Kier alpha value is -3.94. The van der Waals surface area contributed by atoms with Gasteiger partial charge in [0.1, 0.15) is 5.75 Å². The predicted octanol–water partition coefficient (Wildman–Crippen LogP) is -0.836. The molecule has 0 bridgehead atoms. The molecule has 2 atom stereocenters. The summed E-state index contributed by atoms with van der Waals surface area (Å²) in [6.07, 6.45) is -0.536. The third kappa shape index (κ3) is 5.82. The Morgan fingerprint density at radius 3 is 2.58 bits per heavy atom. The molecule has 13 nitrogen and oxygen atoms in total. The number of fused-ring (bicyclic) bond motifs is 1. The lowest BCUT2D eigenvalue weighted by Crippen LogP contribution is -2.59. The third-order valence-corrected chi connectivity index (χ3v) is 6.22. The molecule has 14 heteroatoms. The summed E-state index contributed by atoms with van der Waals surface area (Å²) in [5.74, 6) is -5.09. The number of nitrogens with zero attached hydrogens (tertiary/aromatic N) is 2. The van der Waals surface area contributed by atoms with Crippen LogP contribution in [0.25, 0.3) is 0 Å². The van der Waals surface area contributed by atoms with E-state index in [1.807, 2.05) is 0 Å². The lowest BCUT2D eigenvalue weighted by molar-refractivity contribution is -0.153. The number of carbonyl (C=O) groups is 6. The van der Waals surface area contributed by atoms with Gasteiger partial charge in [-0.1, -0.05) is 12.1 Å². The maximum Gasteiger partial charge on any atom is 0.526 e. The average Bonchev–Trinajstić information content (AvgIpc) is 2.83. The number of piperazine rings is 1. The number of hydrogen-bond acceptors (Lipinski definition) is 8. The number of urea groups is 1. The number of hydrogen-bond donors (Lipinski definition) is 4. The van der Waals surface area contributed by atoms with Crippen molar-refractivity contribution in [2.45, 2.75) is 44.5 Å². The molecule has 2 heterocycles. The summed E-state index contributed by atoms with van der Waals surface area (Å²) in [6.45, 7) is 2.10. The van der Waals surface area contributed by atoms with Crippen molar-refractivity contribution in [3.8, 4) is 5.75 Å². The van der Waals surface area contributed by atoms with E-state index in [2.05, 4.69) is 5.32 Å². The van der Waals surface area contributed by atoms with Crippen LogP contribution in [-0.2, 0) is 25.6 Å². The zero-order valence-electron chi connectivity index (χ0n) is 19.6. The summed E-state index contributed by atoms with van der Waals surface area (Å²) >= 11 is 0. The minimum Gasteiger partial charge on any atom is -0.535 e. The van der Waals surface area contributed by atoms with Gasteiger partial charge in [-0.05, 0) is 31.4 Å². The number of likely N-dealkylation sites (N-methyl/N-ethyl adjacent to an activating group) is 1. The Labute approximate surface area is 206 Å². The SMILES string of the molecule is CCN1CCN(C(=O)N[C@H](CCC(N)=O)C(=O)C[C@H]2Cc3cccc(C(=O)O)c3OB2O)C(=O)C1=O. The van der Waals surface area contributed by atoms with Gasteiger partial charge in [0.05, 0.1) is 11.6 Å². The fourth-order valence-corrected chi connectivity index (χ4v) is 4.22. The van der Waals surface area contributed by atoms with Crippen molar-refractivity contribution in [2.75, 3.05) is 19.6 Å². The van der Waals surface area contributed by atoms with Gasteiger partial charge in [-0.2, -0.15) is 0 Å². The van der Waals surface area contributed by atoms with E-state index in [0.29, 0.717) is 17.0 Å². The molecule has 0 saturated carbocycles. The summed E-state index contributed by atoms with van der Waals surface area (Å²) in [6, 6.07) is 2.30. The Kier molecular flexibility index (Phi) is 8.30. The Balaban J connectivity index is 1.72. The van der Waals surface area contributed by atoms with Gasteiger partial charge in [-0.25, -0.2) is 9.59 Å². The average molecular weight is 502 g/mol. The van der Waals surface area contributed by atoms with Crippen molar-refractivity contribution >= 4 is 42.6 Å². The number of imide groups is 1. The zero-order valence-corrected chi connectivity index (χ0v) is 19.6. The number of carboxylic acid groups (broad SMARTS) is 1. The maximum absolute atomic E-state index is 13.1. The molecular weight excluding hydrogens is 475 g/mol. The van der Waals surface area contributed by atoms with Gasteiger partial charge < -0.3 is 30.7 Å². The minimum absolute atomic E-state index is 0.0224. The topological polar surface area (TPSA) is 197 Å². The van der Waals surface area contributed by atoms with Crippen LogP contribution in [0.15, 0.2) is 18.2 Å². The smallest absolute Gasteiger partial charge is 0.526 e. The first-order valence-electron chi connectivity index (χ1n) is 11.5. The molecule has 0 unspecified atom stereocenters. The van der Waals surface area contributed by atoms with Crippen LogP contribution in [0, 0.1) is 0 Å². The predicted molar refractivity (Wildman–Crippen MR) is 124 cm³/mol. The highest BCUT2D eigenvalue weighted by molar-refractivity contribution is 6.47. The van der Waals surface area contributed by atoms with E-state index in [4.69, 9.17) is 10.4 Å². The summed E-state index contributed by atoms with van der Waals surface area (Å²) < 4.78 is 5.40. The number of Topliss-reactive ketones (excluding diaryl/α,β-unsaturated/α-hetero) is 1. The van der Waals surface area contributed by atoms with Crippen LogP contribution in [0.3, 0.4) is 0 Å². The van der Waals surface area contributed by atoms with Gasteiger partial charge in [0.25, 0.3) is 0 Å². The van der Waals surface area contributed by atoms with Crippen molar-refractivity contribution in [1.29, 1.82) is 0 Å². The number of aromatic carboxylic acids is 1. The molecule has 0 aliphatic carbocycles. The highest BCUT2D eigenvalue weighted by atomic mass is 16.5. The molecule has 192 valence electrons. The number of nitrogens with two attached hydrogens (primary N) is 1. The van der Waals surface area contributed by atoms with Crippen LogP contribution in [-0.4, -0.2) is 88.2 Å². The minimum atomic E-state index is -1.49. The van der Waals surface area contributed by atoms with E-state index in [0.717, 1.165) is 0 Å². The summed E-state index contributed by atoms with van der Waals surface area (Å²) in [7, 11) is -1.49. The summed E-state index contributed by atoms with van der Waals surface area (Å²) in [5, 5.41) is 22.2. The number of rotatable bonds is 9. The van der Waals surface area contributed by atoms with Crippen molar-refractivity contribution in [3.63, 3.8) is 0 Å². The fraction of sp³-hybridized carbons (Fsp3) is 0.455. The highest BCUT2D eigenvalue weighted by Crippen LogP contribution is 2.36. The first-order chi connectivity index (χ1) is 17.0. The molecular formula is C22H27BN4O9. The number of nitrogens with one attached hydrogen (secondary N) is 1. The molecule has 1 saturated heterocycles. The van der Waals surface area contributed by atoms with E-state index >= 15 is 0 Å². The lowest BCUT2D eigenvalue weighted by Gasteiger charge is -2.33. The molecule has 1 aromatic carbocycles. The molecule has 0 aromatic heterocycles. The van der Waals surface area contributed by atoms with Gasteiger partial charge in [-0.3, -0.25) is 24.1 Å². The van der Waals surface area contributed by atoms with Gasteiger partial charge in [0.2, 0.25) is 5.91 Å². The lowest BCUT2D eigenvalue weighted by atomic mass is 9.64. The largest absolute Gasteiger partial charge is 0.535 e. The quantitative estimate of drug-likeness (QED) is 0.246. The van der Waals surface area contributed by atoms with Gasteiger partial charge in [0, 0.05) is 38.3 Å². The van der Waals surface area contributed by atoms with Crippen molar-refractivity contribution in [3.05, 3.63) is 29.3 Å². The molecule has 3 rings (SSSR count). The third-order valence-electron chi connectivity index (χ3n) is 6.22. The van der Waals surface area contributed by atoms with Gasteiger partial charge in [-0.15, -0.1) is 0 Å². The Bertz CT molecular complexity index is 1100. The number of amides is 5. The normalized spacial score (nSPS) is 18.3. The van der Waals surface area contributed by atoms with Crippen LogP contribution in [0.1, 0.15) is 42.1 Å². The molecule has 2 aliphatic rings. The van der Waals surface area contributed by atoms with Gasteiger partial charge in [0.15, 0.2) is 5.78 Å². The number of benzene rings is 1. The first-order valence-corrected chi connectivity index (χ1v) is 11.5. The van der Waals surface area contributed by atoms with E-state index in [-0.39, 0.29) is 50.1 Å². The monoisotopic (exact) mass is 502 g/mol. The summed E-state index contributed by atoms with van der Waals surface area (Å²) in [5.41, 5.74) is 5.57. The maximum atomic E-state index is 13.1. The van der Waals surface area contributed by atoms with Gasteiger partial charge >= 0.3 is 30.9 Å². The van der Waals surface area contributed by atoms with E-state index in [9.17, 15) is 38.9 Å². The number of primary amides is 1. The van der Waals surface area contributed by atoms with Crippen LogP contribution >= 0.6 is 0 Å². The number of ketones is 1. The second kappa shape index (κ2) is 11.2. The molecule has 0 radical (unpaired) electrons. The van der Waals surface area contributed by atoms with E-state index < -0.39 is 54.5 Å². The number of carboxylic acids is 1. The number of para-hydroxylation sites is 1. The molecule has 2 aliphatic heterocycles. The second-order valence-electron chi connectivity index (χ2n) is 8.59. The standard InChI is InChI=1S/C22H27BN4O9/c1-2-26-8-9-27(20(31)19(26)30)22(34)25-15(6-7-17(24)29)16(28)11-13-10-12-4-3-5-14(21(32)33)18(12)36-23(13)35/h3-5,13,15,35H,2,6-11H2,1H3,(H2,24,29)(H,25,34)(H,32,33)/t13-,15-/m1/s1. The van der Waals surface area contributed by atoms with Crippen LogP contribution in [0.2, 0.25) is 5.82 Å². The number of carbonyl (C=O) groups excluding carboxylic acids is 5. The molecule has 36 heavy (non-hydrogen) atoms. The Morgan fingerprint density at radius 2 is 1.94 bits per heavy atom. The van der Waals surface area contributed by atoms with E-state index in [1.165, 1.54) is 17.0 Å². The molecule has 1 aromatic rings.